The van der Waals surface area contributed by atoms with Crippen LogP contribution in [0.3, 0.4) is 0 Å². The number of nitrogens with zero attached hydrogens (tertiary/aromatic N) is 1. The van der Waals surface area contributed by atoms with Crippen molar-refractivity contribution in [3.8, 4) is 0 Å². The molecule has 0 radical (unpaired) electrons. The van der Waals surface area contributed by atoms with Gasteiger partial charge in [-0.3, -0.25) is 9.69 Å². The second kappa shape index (κ2) is 10.0. The maximum Gasteiger partial charge on any atom is 0.224 e. The molecule has 1 saturated heterocycles. The molecule has 2 atom stereocenters. The van der Waals surface area contributed by atoms with Crippen LogP contribution in [0.5, 0.6) is 0 Å². The summed E-state index contributed by atoms with van der Waals surface area (Å²) in [6, 6.07) is 21.6. The van der Waals surface area contributed by atoms with Crippen molar-refractivity contribution in [3.63, 3.8) is 0 Å². The predicted molar refractivity (Wildman–Crippen MR) is 122 cm³/mol. The van der Waals surface area contributed by atoms with Gasteiger partial charge in [0.05, 0.1) is 5.92 Å². The van der Waals surface area contributed by atoms with Crippen LogP contribution < -0.4 is 5.32 Å². The Morgan fingerprint density at radius 3 is 2.44 bits per heavy atom. The van der Waals surface area contributed by atoms with Gasteiger partial charge in [-0.05, 0) is 59.7 Å². The highest BCUT2D eigenvalue weighted by atomic mass is 19.1. The third-order valence-corrected chi connectivity index (χ3v) is 6.18. The van der Waals surface area contributed by atoms with E-state index in [9.17, 15) is 13.6 Å². The number of halogens is 2. The van der Waals surface area contributed by atoms with Gasteiger partial charge in [0.15, 0.2) is 0 Å². The Balaban J connectivity index is 1.50. The van der Waals surface area contributed by atoms with E-state index in [1.54, 1.807) is 19.1 Å². The maximum atomic E-state index is 13.8. The summed E-state index contributed by atoms with van der Waals surface area (Å²) in [6.07, 6.45) is 0.714. The Kier molecular flexibility index (Phi) is 6.96. The van der Waals surface area contributed by atoms with Crippen LogP contribution in [-0.2, 0) is 17.9 Å². The smallest absolute Gasteiger partial charge is 0.224 e. The summed E-state index contributed by atoms with van der Waals surface area (Å²) in [5.74, 6) is -0.504. The summed E-state index contributed by atoms with van der Waals surface area (Å²) in [4.78, 5) is 15.3. The quantitative estimate of drug-likeness (QED) is 0.579. The molecule has 1 fully saturated rings. The number of carbonyl (C=O) groups is 1. The fraction of sp³-hybridized carbons (Fsp3) is 0.296. The van der Waals surface area contributed by atoms with Gasteiger partial charge in [0, 0.05) is 26.2 Å². The topological polar surface area (TPSA) is 32.3 Å². The first kappa shape index (κ1) is 22.2. The minimum Gasteiger partial charge on any atom is -0.352 e. The minimum atomic E-state index is -0.259. The molecule has 1 N–H and O–H groups in total. The molecule has 0 spiro atoms. The molecule has 3 nitrogen and oxygen atoms in total. The molecule has 1 aliphatic rings. The summed E-state index contributed by atoms with van der Waals surface area (Å²) < 4.78 is 27.1. The Morgan fingerprint density at radius 1 is 0.969 bits per heavy atom. The lowest BCUT2D eigenvalue weighted by atomic mass is 9.83. The first-order valence-electron chi connectivity index (χ1n) is 11.0. The van der Waals surface area contributed by atoms with Gasteiger partial charge in [-0.25, -0.2) is 8.78 Å². The van der Waals surface area contributed by atoms with Gasteiger partial charge in [0.1, 0.15) is 11.6 Å². The fourth-order valence-corrected chi connectivity index (χ4v) is 4.45. The van der Waals surface area contributed by atoms with E-state index in [0.29, 0.717) is 31.6 Å². The van der Waals surface area contributed by atoms with Gasteiger partial charge in [-0.2, -0.15) is 0 Å². The lowest BCUT2D eigenvalue weighted by molar-refractivity contribution is -0.127. The van der Waals surface area contributed by atoms with Gasteiger partial charge in [-0.1, -0.05) is 54.6 Å². The Labute approximate surface area is 188 Å². The maximum absolute atomic E-state index is 13.8. The van der Waals surface area contributed by atoms with E-state index in [2.05, 4.69) is 10.2 Å². The van der Waals surface area contributed by atoms with Crippen molar-refractivity contribution in [3.05, 3.63) is 107 Å². The van der Waals surface area contributed by atoms with E-state index in [0.717, 1.165) is 23.2 Å². The number of hydrogen-bond acceptors (Lipinski definition) is 2. The third kappa shape index (κ3) is 5.60. The first-order valence-corrected chi connectivity index (χ1v) is 11.0. The van der Waals surface area contributed by atoms with Crippen molar-refractivity contribution in [2.75, 3.05) is 13.1 Å². The van der Waals surface area contributed by atoms with Crippen LogP contribution in [0.1, 0.15) is 34.6 Å². The number of carbonyl (C=O) groups excluding carboxylic acids is 1. The zero-order valence-corrected chi connectivity index (χ0v) is 18.2. The molecule has 3 aromatic carbocycles. The van der Waals surface area contributed by atoms with Gasteiger partial charge in [0.25, 0.3) is 0 Å². The zero-order valence-electron chi connectivity index (χ0n) is 18.2. The van der Waals surface area contributed by atoms with Crippen LogP contribution in [0.15, 0.2) is 72.8 Å². The van der Waals surface area contributed by atoms with Gasteiger partial charge in [0.2, 0.25) is 5.91 Å². The number of aryl methyl sites for hydroxylation is 1. The molecule has 4 rings (SSSR count). The monoisotopic (exact) mass is 434 g/mol. The summed E-state index contributed by atoms with van der Waals surface area (Å²) in [5, 5.41) is 3.08. The molecule has 166 valence electrons. The second-order valence-electron chi connectivity index (χ2n) is 8.66. The van der Waals surface area contributed by atoms with Crippen molar-refractivity contribution >= 4 is 5.91 Å². The van der Waals surface area contributed by atoms with Crippen molar-refractivity contribution < 1.29 is 13.6 Å². The molecule has 0 saturated carbocycles. The van der Waals surface area contributed by atoms with Gasteiger partial charge >= 0.3 is 0 Å². The normalized spacial score (nSPS) is 19.0. The second-order valence-corrected chi connectivity index (χ2v) is 8.66. The average molecular weight is 435 g/mol. The minimum absolute atomic E-state index is 0.0292. The van der Waals surface area contributed by atoms with Gasteiger partial charge in [-0.15, -0.1) is 0 Å². The van der Waals surface area contributed by atoms with Crippen LogP contribution in [0.25, 0.3) is 0 Å². The highest BCUT2D eigenvalue weighted by molar-refractivity contribution is 5.79. The van der Waals surface area contributed by atoms with Crippen LogP contribution in [0.2, 0.25) is 0 Å². The average Bonchev–Trinajstić information content (AvgIpc) is 2.81. The molecular formula is C27H28F2N2O. The molecule has 5 heteroatoms. The Bertz CT molecular complexity index is 1050. The van der Waals surface area contributed by atoms with Crippen LogP contribution in [0.4, 0.5) is 8.78 Å². The van der Waals surface area contributed by atoms with Crippen molar-refractivity contribution in [2.24, 2.45) is 5.92 Å². The number of rotatable bonds is 6. The number of amides is 1. The molecule has 1 amide bonds. The van der Waals surface area contributed by atoms with E-state index in [-0.39, 0.29) is 29.4 Å². The number of hydrogen-bond donors (Lipinski definition) is 1. The first-order chi connectivity index (χ1) is 15.5. The molecule has 1 heterocycles. The van der Waals surface area contributed by atoms with E-state index in [1.807, 2.05) is 42.5 Å². The summed E-state index contributed by atoms with van der Waals surface area (Å²) in [5.41, 5.74) is 3.73. The predicted octanol–water partition coefficient (Wildman–Crippen LogP) is 5.20. The molecule has 0 aliphatic carbocycles. The highest BCUT2D eigenvalue weighted by Gasteiger charge is 2.32. The summed E-state index contributed by atoms with van der Waals surface area (Å²) in [6.45, 7) is 4.30. The van der Waals surface area contributed by atoms with Crippen LogP contribution in [0, 0.1) is 24.5 Å². The number of benzene rings is 3. The Hall–Kier alpha value is -3.05. The molecule has 3 aromatic rings. The summed E-state index contributed by atoms with van der Waals surface area (Å²) >= 11 is 0. The number of piperidine rings is 1. The number of likely N-dealkylation sites (tertiary alicyclic amines) is 1. The fourth-order valence-electron chi connectivity index (χ4n) is 4.45. The van der Waals surface area contributed by atoms with Crippen LogP contribution >= 0.6 is 0 Å². The van der Waals surface area contributed by atoms with Crippen molar-refractivity contribution in [2.45, 2.75) is 32.4 Å². The molecule has 1 aliphatic heterocycles. The highest BCUT2D eigenvalue weighted by Crippen LogP contribution is 2.32. The van der Waals surface area contributed by atoms with Gasteiger partial charge < -0.3 is 5.32 Å². The Morgan fingerprint density at radius 2 is 1.72 bits per heavy atom. The van der Waals surface area contributed by atoms with E-state index >= 15 is 0 Å². The molecule has 32 heavy (non-hydrogen) atoms. The largest absolute Gasteiger partial charge is 0.352 e. The molecular weight excluding hydrogens is 406 g/mol. The molecule has 0 aromatic heterocycles. The van der Waals surface area contributed by atoms with E-state index in [4.69, 9.17) is 0 Å². The molecule has 0 bridgehead atoms. The van der Waals surface area contributed by atoms with E-state index < -0.39 is 0 Å². The van der Waals surface area contributed by atoms with E-state index in [1.165, 1.54) is 18.2 Å². The third-order valence-electron chi connectivity index (χ3n) is 6.18. The SMILES string of the molecule is Cc1cc(C2CC(C(=O)NCc3ccccc3)CN(Cc3ccc(F)cc3)C2)ccc1F. The van der Waals surface area contributed by atoms with Crippen molar-refractivity contribution in [1.29, 1.82) is 0 Å². The lowest BCUT2D eigenvalue weighted by Crippen LogP contribution is -2.45. The number of nitrogens with one attached hydrogen (secondary N) is 1. The standard InChI is InChI=1S/C27H28F2N2O/c1-19-13-22(9-12-26(19)29)23-14-24(27(32)30-15-20-5-3-2-4-6-20)18-31(17-23)16-21-7-10-25(28)11-8-21/h2-13,23-24H,14-18H2,1H3,(H,30,32). The van der Waals surface area contributed by atoms with Crippen molar-refractivity contribution in [1.82, 2.24) is 10.2 Å². The van der Waals surface area contributed by atoms with Crippen LogP contribution in [-0.4, -0.2) is 23.9 Å². The molecule has 2 unspecified atom stereocenters. The lowest BCUT2D eigenvalue weighted by Gasteiger charge is -2.37. The zero-order chi connectivity index (χ0) is 22.5. The summed E-state index contributed by atoms with van der Waals surface area (Å²) in [7, 11) is 0.